The first kappa shape index (κ1) is 24.3. The molecular weight excluding hydrogens is 476 g/mol. The third kappa shape index (κ3) is 5.14. The second-order valence-electron chi connectivity index (χ2n) is 7.83. The number of amides is 1. The lowest BCUT2D eigenvalue weighted by atomic mass is 10.1. The molecule has 1 aromatic heterocycles. The van der Waals surface area contributed by atoms with E-state index in [1.54, 1.807) is 36.4 Å². The summed E-state index contributed by atoms with van der Waals surface area (Å²) in [7, 11) is 0. The zero-order valence-electron chi connectivity index (χ0n) is 19.1. The minimum Gasteiger partial charge on any atom is -0.345 e. The number of carbonyl (C=O) groups excluding carboxylic acids is 1. The molecule has 0 radical (unpaired) electrons. The Morgan fingerprint density at radius 3 is 2.25 bits per heavy atom. The number of rotatable bonds is 6. The molecule has 0 unspecified atom stereocenters. The number of hydrogen-bond acceptors (Lipinski definition) is 6. The van der Waals surface area contributed by atoms with Gasteiger partial charge in [-0.05, 0) is 48.4 Å². The summed E-state index contributed by atoms with van der Waals surface area (Å²) in [6.45, 7) is 1.81. The highest BCUT2D eigenvalue weighted by Gasteiger charge is 2.19. The zero-order chi connectivity index (χ0) is 25.7. The van der Waals surface area contributed by atoms with Gasteiger partial charge in [-0.2, -0.15) is 5.26 Å². The summed E-state index contributed by atoms with van der Waals surface area (Å²) in [5.41, 5.74) is 1.30. The van der Waals surface area contributed by atoms with Crippen molar-refractivity contribution in [2.24, 2.45) is 0 Å². The summed E-state index contributed by atoms with van der Waals surface area (Å²) < 4.78 is 1.81. The van der Waals surface area contributed by atoms with Crippen LogP contribution >= 0.6 is 11.3 Å². The van der Waals surface area contributed by atoms with Gasteiger partial charge >= 0.3 is 0 Å². The van der Waals surface area contributed by atoms with E-state index in [1.165, 1.54) is 28.8 Å². The molecule has 3 aromatic carbocycles. The van der Waals surface area contributed by atoms with Gasteiger partial charge in [0.25, 0.3) is 17.2 Å². The molecule has 0 aliphatic heterocycles. The number of non-ortho nitro benzene ring substituents is 1. The Kier molecular flexibility index (Phi) is 7.18. The predicted molar refractivity (Wildman–Crippen MR) is 138 cm³/mol. The average molecular weight is 497 g/mol. The average Bonchev–Trinajstić information content (AvgIpc) is 3.21. The fraction of sp³-hybridized carbons (Fsp3) is 0.0741. The fourth-order valence-electron chi connectivity index (χ4n) is 3.59. The van der Waals surface area contributed by atoms with E-state index in [2.05, 4.69) is 5.32 Å². The van der Waals surface area contributed by atoms with Gasteiger partial charge in [-0.15, -0.1) is 11.3 Å². The third-order valence-corrected chi connectivity index (χ3v) is 6.53. The standard InChI is InChI=1S/C27H20N4O4S/c1-18(20-8-4-2-5-9-20)29-25(32)23(17-28)27-30(21-10-6-3-7-11-21)26(33)24(36-27)16-19-12-14-22(15-13-19)31(34)35/h2-16,18H,1H3,(H,29,32)/b24-16+,27-23-/t18-/m0/s1. The number of nitrogens with one attached hydrogen (secondary N) is 1. The molecule has 36 heavy (non-hydrogen) atoms. The minimum absolute atomic E-state index is 0.0648. The lowest BCUT2D eigenvalue weighted by Gasteiger charge is -2.13. The van der Waals surface area contributed by atoms with Gasteiger partial charge in [-0.25, -0.2) is 0 Å². The van der Waals surface area contributed by atoms with Crippen molar-refractivity contribution in [1.29, 1.82) is 5.26 Å². The van der Waals surface area contributed by atoms with Gasteiger partial charge < -0.3 is 5.32 Å². The molecule has 0 saturated heterocycles. The number of hydrogen-bond donors (Lipinski definition) is 1. The first-order chi connectivity index (χ1) is 17.4. The Balaban J connectivity index is 1.87. The highest BCUT2D eigenvalue weighted by atomic mass is 32.1. The van der Waals surface area contributed by atoms with Crippen LogP contribution in [0.4, 0.5) is 5.69 Å². The molecule has 0 aliphatic rings. The highest BCUT2D eigenvalue weighted by molar-refractivity contribution is 7.07. The molecule has 178 valence electrons. The van der Waals surface area contributed by atoms with Gasteiger partial charge in [0.2, 0.25) is 0 Å². The van der Waals surface area contributed by atoms with Gasteiger partial charge in [0, 0.05) is 12.1 Å². The van der Waals surface area contributed by atoms with Crippen LogP contribution in [0.25, 0.3) is 17.3 Å². The Hall–Kier alpha value is -4.81. The smallest absolute Gasteiger partial charge is 0.273 e. The number of nitrogens with zero attached hydrogens (tertiary/aromatic N) is 3. The number of carbonyl (C=O) groups is 1. The Morgan fingerprint density at radius 1 is 1.06 bits per heavy atom. The maximum absolute atomic E-state index is 13.4. The maximum Gasteiger partial charge on any atom is 0.273 e. The van der Waals surface area contributed by atoms with Crippen LogP contribution < -0.4 is 20.1 Å². The quantitative estimate of drug-likeness (QED) is 0.325. The molecule has 8 nitrogen and oxygen atoms in total. The second kappa shape index (κ2) is 10.6. The number of benzene rings is 3. The maximum atomic E-state index is 13.4. The van der Waals surface area contributed by atoms with E-state index in [0.29, 0.717) is 11.3 Å². The lowest BCUT2D eigenvalue weighted by molar-refractivity contribution is -0.384. The first-order valence-corrected chi connectivity index (χ1v) is 11.7. The summed E-state index contributed by atoms with van der Waals surface area (Å²) in [4.78, 5) is 37.0. The first-order valence-electron chi connectivity index (χ1n) is 10.9. The topological polar surface area (TPSA) is 118 Å². The molecular formula is C27H20N4O4S. The summed E-state index contributed by atoms with van der Waals surface area (Å²) in [6.07, 6.45) is 1.58. The summed E-state index contributed by atoms with van der Waals surface area (Å²) in [6, 6.07) is 25.5. The van der Waals surface area contributed by atoms with Crippen LogP contribution in [0.2, 0.25) is 0 Å². The summed E-state index contributed by atoms with van der Waals surface area (Å²) >= 11 is 1.01. The van der Waals surface area contributed by atoms with Crippen LogP contribution in [-0.2, 0) is 4.79 Å². The molecule has 0 saturated carbocycles. The van der Waals surface area contributed by atoms with Crippen molar-refractivity contribution in [2.75, 3.05) is 0 Å². The fourth-order valence-corrected chi connectivity index (χ4v) is 4.70. The number of nitro groups is 1. The monoisotopic (exact) mass is 496 g/mol. The molecule has 4 aromatic rings. The van der Waals surface area contributed by atoms with Crippen LogP contribution in [0.5, 0.6) is 0 Å². The van der Waals surface area contributed by atoms with Gasteiger partial charge in [0.15, 0.2) is 5.57 Å². The van der Waals surface area contributed by atoms with Crippen molar-refractivity contribution in [3.8, 4) is 11.8 Å². The highest BCUT2D eigenvalue weighted by Crippen LogP contribution is 2.13. The van der Waals surface area contributed by atoms with Crippen LogP contribution in [0.3, 0.4) is 0 Å². The normalized spacial score (nSPS) is 12.9. The number of nitriles is 1. The van der Waals surface area contributed by atoms with E-state index in [4.69, 9.17) is 0 Å². The molecule has 0 aliphatic carbocycles. The van der Waals surface area contributed by atoms with Crippen molar-refractivity contribution < 1.29 is 9.72 Å². The van der Waals surface area contributed by atoms with E-state index in [1.807, 2.05) is 43.3 Å². The van der Waals surface area contributed by atoms with Crippen LogP contribution in [-0.4, -0.2) is 15.4 Å². The Bertz CT molecular complexity index is 1630. The van der Waals surface area contributed by atoms with Crippen molar-refractivity contribution >= 4 is 34.6 Å². The molecule has 0 bridgehead atoms. The lowest BCUT2D eigenvalue weighted by Crippen LogP contribution is -2.34. The number of nitro benzene ring substituents is 1. The predicted octanol–water partition coefficient (Wildman–Crippen LogP) is 3.19. The second-order valence-corrected chi connectivity index (χ2v) is 8.86. The van der Waals surface area contributed by atoms with Gasteiger partial charge in [-0.1, -0.05) is 48.5 Å². The van der Waals surface area contributed by atoms with Crippen LogP contribution in [0.1, 0.15) is 24.1 Å². The van der Waals surface area contributed by atoms with E-state index in [9.17, 15) is 25.0 Å². The molecule has 4 rings (SSSR count). The molecule has 9 heteroatoms. The van der Waals surface area contributed by atoms with Gasteiger partial charge in [-0.3, -0.25) is 24.3 Å². The van der Waals surface area contributed by atoms with Crippen LogP contribution in [0.15, 0.2) is 89.7 Å². The van der Waals surface area contributed by atoms with Crippen LogP contribution in [0, 0.1) is 21.4 Å². The number of thiazole rings is 1. The summed E-state index contributed by atoms with van der Waals surface area (Å²) in [5, 5.41) is 23.7. The van der Waals surface area contributed by atoms with Gasteiger partial charge in [0.1, 0.15) is 10.7 Å². The SMILES string of the molecule is C[C@H](NC(=O)/C(C#N)=c1\s/c(=C/c2ccc([N+](=O)[O-])cc2)c(=O)n1-c1ccccc1)c1ccccc1. The zero-order valence-corrected chi connectivity index (χ0v) is 19.9. The van der Waals surface area contributed by atoms with Crippen molar-refractivity contribution in [3.63, 3.8) is 0 Å². The molecule has 1 amide bonds. The Morgan fingerprint density at radius 2 is 1.67 bits per heavy atom. The third-order valence-electron chi connectivity index (χ3n) is 5.44. The molecule has 1 N–H and O–H groups in total. The molecule has 1 atom stereocenters. The van der Waals surface area contributed by atoms with E-state index in [0.717, 1.165) is 16.9 Å². The molecule has 0 fully saturated rings. The van der Waals surface area contributed by atoms with Crippen molar-refractivity contribution in [1.82, 2.24) is 9.88 Å². The largest absolute Gasteiger partial charge is 0.345 e. The van der Waals surface area contributed by atoms with E-state index < -0.39 is 16.4 Å². The number of aromatic nitrogens is 1. The minimum atomic E-state index is -0.596. The van der Waals surface area contributed by atoms with Crippen molar-refractivity contribution in [2.45, 2.75) is 13.0 Å². The summed E-state index contributed by atoms with van der Waals surface area (Å²) in [5.74, 6) is -0.596. The number of para-hydroxylation sites is 1. The Labute approximate surface area is 209 Å². The van der Waals surface area contributed by atoms with Crippen molar-refractivity contribution in [3.05, 3.63) is 126 Å². The molecule has 1 heterocycles. The van der Waals surface area contributed by atoms with E-state index in [-0.39, 0.29) is 26.5 Å². The van der Waals surface area contributed by atoms with E-state index >= 15 is 0 Å². The molecule has 0 spiro atoms. The van der Waals surface area contributed by atoms with Gasteiger partial charge in [0.05, 0.1) is 21.2 Å².